The lowest BCUT2D eigenvalue weighted by atomic mass is 10.1. The van der Waals surface area contributed by atoms with Gasteiger partial charge in [-0.1, -0.05) is 30.3 Å². The molecule has 0 fully saturated rings. The first-order valence-electron chi connectivity index (χ1n) is 12.4. The van der Waals surface area contributed by atoms with Crippen LogP contribution in [0, 0.1) is 0 Å². The summed E-state index contributed by atoms with van der Waals surface area (Å²) < 4.78 is 15.9. The van der Waals surface area contributed by atoms with Gasteiger partial charge in [-0.3, -0.25) is 4.79 Å². The Balaban J connectivity index is 0.00000267. The molecule has 39 heavy (non-hydrogen) atoms. The quantitative estimate of drug-likeness (QED) is 0.331. The Morgan fingerprint density at radius 2 is 1.64 bits per heavy atom. The highest BCUT2D eigenvalue weighted by Crippen LogP contribution is 2.45. The third-order valence-electron chi connectivity index (χ3n) is 6.44. The van der Waals surface area contributed by atoms with E-state index in [1.54, 1.807) is 26.2 Å². The van der Waals surface area contributed by atoms with Crippen molar-refractivity contribution < 1.29 is 29.6 Å². The highest BCUT2D eigenvalue weighted by atomic mass is 35.5. The van der Waals surface area contributed by atoms with Gasteiger partial charge >= 0.3 is 0 Å². The monoisotopic (exact) mass is 576 g/mol. The lowest BCUT2D eigenvalue weighted by Gasteiger charge is -2.25. The molecule has 0 bridgehead atoms. The number of nitrogens with zero attached hydrogens (tertiary/aromatic N) is 1. The van der Waals surface area contributed by atoms with Gasteiger partial charge in [0, 0.05) is 18.0 Å². The molecule has 0 spiro atoms. The molecule has 2 atom stereocenters. The van der Waals surface area contributed by atoms with Crippen LogP contribution in [0.5, 0.6) is 17.2 Å². The van der Waals surface area contributed by atoms with Crippen LogP contribution in [0.25, 0.3) is 0 Å². The van der Waals surface area contributed by atoms with Gasteiger partial charge in [0.15, 0.2) is 11.5 Å². The zero-order valence-corrected chi connectivity index (χ0v) is 24.0. The number of hydrogen-bond donors (Lipinski definition) is 2. The maximum absolute atomic E-state index is 13.4. The molecule has 1 heterocycles. The molecule has 8 nitrogen and oxygen atoms in total. The van der Waals surface area contributed by atoms with Crippen LogP contribution in [0.3, 0.4) is 0 Å². The van der Waals surface area contributed by atoms with Crippen LogP contribution in [0.15, 0.2) is 71.6 Å². The Morgan fingerprint density at radius 1 is 0.923 bits per heavy atom. The minimum atomic E-state index is -1.16. The minimum Gasteiger partial charge on any atom is -0.497 e. The van der Waals surface area contributed by atoms with Gasteiger partial charge in [-0.05, 0) is 66.9 Å². The van der Waals surface area contributed by atoms with Crippen molar-refractivity contribution >= 4 is 35.8 Å². The molecular weight excluding hydrogens is 540 g/mol. The second kappa shape index (κ2) is 15.6. The number of ether oxygens (including phenoxy) is 3. The fraction of sp³-hybridized carbons (Fsp3) is 0.345. The summed E-state index contributed by atoms with van der Waals surface area (Å²) >= 11 is 1.52. The van der Waals surface area contributed by atoms with Crippen molar-refractivity contribution in [3.63, 3.8) is 0 Å². The number of carbonyl (C=O) groups excluding carboxylic acids is 1. The SMILES string of the molecule is COc1ccc(C2Sc3ccccc3N(CCNCCCc3ccc(OC)c(OC)c3)C(=O)C2O)cc1.Cl.O. The Labute approximate surface area is 240 Å². The molecule has 0 aliphatic carbocycles. The molecule has 0 radical (unpaired) electrons. The summed E-state index contributed by atoms with van der Waals surface area (Å²) in [7, 11) is 4.89. The van der Waals surface area contributed by atoms with E-state index in [2.05, 4.69) is 5.32 Å². The summed E-state index contributed by atoms with van der Waals surface area (Å²) in [5.74, 6) is 1.91. The van der Waals surface area contributed by atoms with Gasteiger partial charge in [0.2, 0.25) is 0 Å². The zero-order valence-electron chi connectivity index (χ0n) is 22.4. The van der Waals surface area contributed by atoms with Crippen LogP contribution >= 0.6 is 24.2 Å². The number of anilines is 1. The number of aliphatic hydroxyl groups excluding tert-OH is 1. The van der Waals surface area contributed by atoms with E-state index in [1.807, 2.05) is 66.7 Å². The molecular formula is C29H37ClN2O6S. The minimum absolute atomic E-state index is 0. The molecule has 4 rings (SSSR count). The Kier molecular flexibility index (Phi) is 12.9. The summed E-state index contributed by atoms with van der Waals surface area (Å²) in [6, 6.07) is 21.3. The first-order valence-corrected chi connectivity index (χ1v) is 13.2. The van der Waals surface area contributed by atoms with Crippen LogP contribution in [-0.4, -0.2) is 63.6 Å². The molecule has 1 amide bonds. The van der Waals surface area contributed by atoms with Crippen molar-refractivity contribution in [3.8, 4) is 17.2 Å². The standard InChI is InChI=1S/C29H34N2O5S.ClH.H2O/c1-34-22-13-11-21(12-14-22)28-27(32)29(33)31(23-8-4-5-9-26(23)37-28)18-17-30-16-6-7-20-10-15-24(35-2)25(19-20)36-3;;/h4-5,8-15,19,27-28,30,32H,6-7,16-18H2,1-3H3;1H;1H2. The maximum atomic E-state index is 13.4. The highest BCUT2D eigenvalue weighted by molar-refractivity contribution is 7.99. The summed E-state index contributed by atoms with van der Waals surface area (Å²) in [5, 5.41) is 14.1. The van der Waals surface area contributed by atoms with Gasteiger partial charge in [0.25, 0.3) is 5.91 Å². The number of carbonyl (C=O) groups is 1. The zero-order chi connectivity index (χ0) is 26.2. The van der Waals surface area contributed by atoms with Crippen molar-refractivity contribution in [2.45, 2.75) is 29.1 Å². The number of fused-ring (bicyclic) bond motifs is 1. The topological polar surface area (TPSA) is 112 Å². The molecule has 0 saturated heterocycles. The fourth-order valence-corrected chi connectivity index (χ4v) is 5.70. The summed E-state index contributed by atoms with van der Waals surface area (Å²) in [4.78, 5) is 16.1. The van der Waals surface area contributed by atoms with Gasteiger partial charge in [0.05, 0.1) is 32.3 Å². The van der Waals surface area contributed by atoms with E-state index in [4.69, 9.17) is 14.2 Å². The second-order valence-corrected chi connectivity index (χ2v) is 9.94. The third kappa shape index (κ3) is 7.80. The Bertz CT molecular complexity index is 1200. The maximum Gasteiger partial charge on any atom is 0.257 e. The largest absolute Gasteiger partial charge is 0.497 e. The van der Waals surface area contributed by atoms with E-state index in [9.17, 15) is 9.90 Å². The first kappa shape index (κ1) is 32.3. The number of benzene rings is 3. The van der Waals surface area contributed by atoms with Crippen LogP contribution in [0.2, 0.25) is 0 Å². The molecule has 1 aliphatic rings. The van der Waals surface area contributed by atoms with Crippen molar-refractivity contribution in [2.75, 3.05) is 45.9 Å². The van der Waals surface area contributed by atoms with E-state index in [0.717, 1.165) is 52.8 Å². The highest BCUT2D eigenvalue weighted by Gasteiger charge is 2.37. The van der Waals surface area contributed by atoms with Gasteiger partial charge in [-0.15, -0.1) is 24.2 Å². The number of thioether (sulfide) groups is 1. The van der Waals surface area contributed by atoms with E-state index in [-0.39, 0.29) is 23.8 Å². The molecule has 4 N–H and O–H groups in total. The molecule has 3 aromatic rings. The predicted molar refractivity (Wildman–Crippen MR) is 158 cm³/mol. The van der Waals surface area contributed by atoms with Crippen LogP contribution in [0.1, 0.15) is 22.8 Å². The van der Waals surface area contributed by atoms with E-state index < -0.39 is 11.4 Å². The smallest absolute Gasteiger partial charge is 0.257 e. The van der Waals surface area contributed by atoms with E-state index in [1.165, 1.54) is 17.3 Å². The van der Waals surface area contributed by atoms with Crippen LogP contribution in [-0.2, 0) is 11.2 Å². The second-order valence-electron chi connectivity index (χ2n) is 8.76. The number of rotatable bonds is 11. The van der Waals surface area contributed by atoms with Crippen molar-refractivity contribution in [3.05, 3.63) is 77.9 Å². The number of nitrogens with one attached hydrogen (secondary N) is 1. The van der Waals surface area contributed by atoms with Gasteiger partial charge in [-0.2, -0.15) is 0 Å². The van der Waals surface area contributed by atoms with Gasteiger partial charge in [0.1, 0.15) is 11.9 Å². The number of aliphatic hydroxyl groups is 1. The Morgan fingerprint density at radius 3 is 2.33 bits per heavy atom. The molecule has 10 heteroatoms. The number of para-hydroxylation sites is 1. The summed E-state index contributed by atoms with van der Waals surface area (Å²) in [5.41, 5.74) is 2.90. The third-order valence-corrected chi connectivity index (χ3v) is 7.82. The first-order chi connectivity index (χ1) is 18.0. The molecule has 3 aromatic carbocycles. The van der Waals surface area contributed by atoms with Crippen molar-refractivity contribution in [1.82, 2.24) is 5.32 Å². The summed E-state index contributed by atoms with van der Waals surface area (Å²) in [6.45, 7) is 1.90. The van der Waals surface area contributed by atoms with Crippen molar-refractivity contribution in [1.29, 1.82) is 0 Å². The average molecular weight is 577 g/mol. The van der Waals surface area contributed by atoms with Gasteiger partial charge < -0.3 is 35.0 Å². The molecule has 212 valence electrons. The number of aryl methyl sites for hydroxylation is 1. The number of hydrogen-bond acceptors (Lipinski definition) is 7. The predicted octanol–water partition coefficient (Wildman–Crippen LogP) is 4.07. The number of methoxy groups -OCH3 is 3. The molecule has 0 aromatic heterocycles. The van der Waals surface area contributed by atoms with Crippen LogP contribution < -0.4 is 24.4 Å². The summed E-state index contributed by atoms with van der Waals surface area (Å²) in [6.07, 6.45) is 0.686. The van der Waals surface area contributed by atoms with Gasteiger partial charge in [-0.25, -0.2) is 0 Å². The van der Waals surface area contributed by atoms with E-state index >= 15 is 0 Å². The lowest BCUT2D eigenvalue weighted by Crippen LogP contribution is -2.43. The Hall–Kier alpha value is -2.95. The van der Waals surface area contributed by atoms with Crippen molar-refractivity contribution in [2.24, 2.45) is 0 Å². The molecule has 1 aliphatic heterocycles. The normalized spacial score (nSPS) is 16.3. The lowest BCUT2D eigenvalue weighted by molar-refractivity contribution is -0.126. The fourth-order valence-electron chi connectivity index (χ4n) is 4.43. The molecule has 2 unspecified atom stereocenters. The number of amides is 1. The van der Waals surface area contributed by atoms with Crippen LogP contribution in [0.4, 0.5) is 5.69 Å². The molecule has 0 saturated carbocycles. The number of halogens is 1. The van der Waals surface area contributed by atoms with E-state index in [0.29, 0.717) is 13.1 Å². The average Bonchev–Trinajstić information content (AvgIpc) is 3.04.